The first-order chi connectivity index (χ1) is 21.3. The fourth-order valence-corrected chi connectivity index (χ4v) is 4.67. The van der Waals surface area contributed by atoms with Gasteiger partial charge in [-0.1, -0.05) is 67.2 Å². The molecule has 0 aliphatic carbocycles. The molecular weight excluding hydrogens is 559 g/mol. The third kappa shape index (κ3) is 8.41. The van der Waals surface area contributed by atoms with Gasteiger partial charge in [-0.2, -0.15) is 0 Å². The molecule has 44 heavy (non-hydrogen) atoms. The summed E-state index contributed by atoms with van der Waals surface area (Å²) >= 11 is 0. The molecule has 0 heterocycles. The zero-order chi connectivity index (χ0) is 31.5. The normalized spacial score (nSPS) is 11.2. The number of nitrogens with zero attached hydrogens (tertiary/aromatic N) is 1. The third-order valence-electron chi connectivity index (χ3n) is 6.91. The summed E-state index contributed by atoms with van der Waals surface area (Å²) in [5.41, 5.74) is 3.22. The molecule has 4 aromatic rings. The minimum atomic E-state index is -0.740. The lowest BCUT2D eigenvalue weighted by molar-refractivity contribution is -0.141. The van der Waals surface area contributed by atoms with Crippen molar-refractivity contribution in [3.63, 3.8) is 0 Å². The number of amides is 1. The number of methoxy groups -OCH3 is 1. The molecule has 1 atom stereocenters. The Morgan fingerprint density at radius 3 is 2.30 bits per heavy atom. The molecule has 0 spiro atoms. The van der Waals surface area contributed by atoms with Crippen molar-refractivity contribution in [3.8, 4) is 5.75 Å². The Kier molecular flexibility index (Phi) is 11.0. The molecule has 0 aromatic heterocycles. The summed E-state index contributed by atoms with van der Waals surface area (Å²) in [7, 11) is 1.33. The lowest BCUT2D eigenvalue weighted by atomic mass is 10.00. The number of benzene rings is 4. The van der Waals surface area contributed by atoms with Crippen molar-refractivity contribution in [3.05, 3.63) is 138 Å². The molecule has 226 valence electrons. The van der Waals surface area contributed by atoms with Crippen molar-refractivity contribution in [1.29, 1.82) is 0 Å². The van der Waals surface area contributed by atoms with E-state index in [-0.39, 0.29) is 11.7 Å². The fraction of sp³-hybridized carbons (Fsp3) is 0.194. The van der Waals surface area contributed by atoms with Gasteiger partial charge in [0.05, 0.1) is 13.7 Å². The molecule has 4 aromatic carbocycles. The molecule has 7 nitrogen and oxygen atoms in total. The second kappa shape index (κ2) is 15.3. The van der Waals surface area contributed by atoms with Gasteiger partial charge >= 0.3 is 5.97 Å². The van der Waals surface area contributed by atoms with E-state index >= 15 is 0 Å². The van der Waals surface area contributed by atoms with E-state index in [0.29, 0.717) is 59.8 Å². The van der Waals surface area contributed by atoms with Gasteiger partial charge in [-0.05, 0) is 61.4 Å². The molecule has 1 N–H and O–H groups in total. The van der Waals surface area contributed by atoms with Crippen LogP contribution in [0.4, 0.5) is 15.8 Å². The van der Waals surface area contributed by atoms with E-state index in [4.69, 9.17) is 9.47 Å². The Hall–Kier alpha value is -5.24. The zero-order valence-electron chi connectivity index (χ0n) is 24.8. The average Bonchev–Trinajstić information content (AvgIpc) is 3.04. The molecule has 4 rings (SSSR count). The molecule has 1 amide bonds. The summed E-state index contributed by atoms with van der Waals surface area (Å²) in [4.78, 5) is 40.0. The monoisotopic (exact) mass is 594 g/mol. The van der Waals surface area contributed by atoms with Gasteiger partial charge in [0.1, 0.15) is 17.6 Å². The van der Waals surface area contributed by atoms with E-state index in [1.165, 1.54) is 24.1 Å². The van der Waals surface area contributed by atoms with Crippen LogP contribution in [0.25, 0.3) is 0 Å². The maximum atomic E-state index is 13.8. The summed E-state index contributed by atoms with van der Waals surface area (Å²) in [6.45, 7) is 6.00. The molecule has 0 fully saturated rings. The van der Waals surface area contributed by atoms with Crippen molar-refractivity contribution in [2.75, 3.05) is 30.5 Å². The predicted octanol–water partition coefficient (Wildman–Crippen LogP) is 6.63. The Bertz CT molecular complexity index is 1600. The second-order valence-corrected chi connectivity index (χ2v) is 10.2. The Balaban J connectivity index is 1.37. The first-order valence-electron chi connectivity index (χ1n) is 14.2. The number of anilines is 2. The van der Waals surface area contributed by atoms with Crippen molar-refractivity contribution in [2.45, 2.75) is 25.8 Å². The SMILES string of the molecule is C=C(C)C(=O)N(CCCOc1ccc(CC(Nc2ccccc2C(=O)c2ccccc2)C(=O)OC)cc1)c1cccc(F)c1. The number of hydrogen-bond donors (Lipinski definition) is 1. The smallest absolute Gasteiger partial charge is 0.328 e. The van der Waals surface area contributed by atoms with Gasteiger partial charge in [-0.15, -0.1) is 0 Å². The fourth-order valence-electron chi connectivity index (χ4n) is 4.67. The number of ketones is 1. The Labute approximate surface area is 256 Å². The van der Waals surface area contributed by atoms with Crippen LogP contribution in [-0.2, 0) is 20.7 Å². The predicted molar refractivity (Wildman–Crippen MR) is 170 cm³/mol. The molecule has 0 saturated carbocycles. The van der Waals surface area contributed by atoms with Crippen LogP contribution in [-0.4, -0.2) is 44.0 Å². The number of esters is 1. The highest BCUT2D eigenvalue weighted by molar-refractivity contribution is 6.12. The van der Waals surface area contributed by atoms with Gasteiger partial charge in [-0.25, -0.2) is 9.18 Å². The molecule has 0 aliphatic heterocycles. The quantitative estimate of drug-likeness (QED) is 0.0764. The number of rotatable bonds is 14. The van der Waals surface area contributed by atoms with E-state index in [9.17, 15) is 18.8 Å². The van der Waals surface area contributed by atoms with Gasteiger partial charge < -0.3 is 19.7 Å². The van der Waals surface area contributed by atoms with Gasteiger partial charge in [0.15, 0.2) is 5.78 Å². The zero-order valence-corrected chi connectivity index (χ0v) is 24.8. The van der Waals surface area contributed by atoms with E-state index < -0.39 is 17.8 Å². The lowest BCUT2D eigenvalue weighted by Crippen LogP contribution is -2.33. The number of nitrogens with one attached hydrogen (secondary N) is 1. The lowest BCUT2D eigenvalue weighted by Gasteiger charge is -2.23. The van der Waals surface area contributed by atoms with Gasteiger partial charge in [0.25, 0.3) is 5.91 Å². The molecule has 0 aliphatic rings. The number of para-hydroxylation sites is 1. The molecule has 8 heteroatoms. The number of ether oxygens (including phenoxy) is 2. The van der Waals surface area contributed by atoms with Crippen LogP contribution < -0.4 is 15.0 Å². The summed E-state index contributed by atoms with van der Waals surface area (Å²) in [5, 5.41) is 3.21. The van der Waals surface area contributed by atoms with Crippen LogP contribution in [0.15, 0.2) is 115 Å². The van der Waals surface area contributed by atoms with E-state index in [2.05, 4.69) is 11.9 Å². The second-order valence-electron chi connectivity index (χ2n) is 10.2. The van der Waals surface area contributed by atoms with Crippen LogP contribution in [0, 0.1) is 5.82 Å². The summed E-state index contributed by atoms with van der Waals surface area (Å²) in [6.07, 6.45) is 0.819. The summed E-state index contributed by atoms with van der Waals surface area (Å²) in [6, 6.07) is 28.5. The van der Waals surface area contributed by atoms with Crippen LogP contribution >= 0.6 is 0 Å². The largest absolute Gasteiger partial charge is 0.494 e. The van der Waals surface area contributed by atoms with Crippen molar-refractivity contribution >= 4 is 29.0 Å². The first kappa shape index (κ1) is 31.7. The van der Waals surface area contributed by atoms with Crippen molar-refractivity contribution in [1.82, 2.24) is 0 Å². The minimum Gasteiger partial charge on any atom is -0.494 e. The molecule has 0 bridgehead atoms. The number of carbonyl (C=O) groups excluding carboxylic acids is 3. The molecule has 0 saturated heterocycles. The number of hydrogen-bond acceptors (Lipinski definition) is 6. The molecule has 1 unspecified atom stereocenters. The van der Waals surface area contributed by atoms with Gasteiger partial charge in [-0.3, -0.25) is 9.59 Å². The van der Waals surface area contributed by atoms with Gasteiger partial charge in [0, 0.05) is 41.0 Å². The maximum absolute atomic E-state index is 13.8. The summed E-state index contributed by atoms with van der Waals surface area (Å²) in [5.74, 6) is -0.686. The van der Waals surface area contributed by atoms with E-state index in [1.807, 2.05) is 18.2 Å². The van der Waals surface area contributed by atoms with Crippen LogP contribution in [0.3, 0.4) is 0 Å². The minimum absolute atomic E-state index is 0.151. The van der Waals surface area contributed by atoms with Crippen molar-refractivity contribution < 1.29 is 28.2 Å². The highest BCUT2D eigenvalue weighted by Crippen LogP contribution is 2.23. The highest BCUT2D eigenvalue weighted by Gasteiger charge is 2.23. The highest BCUT2D eigenvalue weighted by atomic mass is 19.1. The first-order valence-corrected chi connectivity index (χ1v) is 14.2. The number of carbonyl (C=O) groups is 3. The van der Waals surface area contributed by atoms with Crippen LogP contribution in [0.2, 0.25) is 0 Å². The standard InChI is InChI=1S/C36H35FN2O5/c1-25(2)35(41)39(29-14-9-13-28(37)24-29)21-10-22-44-30-19-17-26(18-20-30)23-33(36(42)43-3)38-32-16-8-7-15-31(32)34(40)27-11-5-4-6-12-27/h4-9,11-20,24,33,38H,1,10,21-23H2,2-3H3. The third-order valence-corrected chi connectivity index (χ3v) is 6.91. The van der Waals surface area contributed by atoms with Crippen molar-refractivity contribution in [2.24, 2.45) is 0 Å². The van der Waals surface area contributed by atoms with E-state index in [1.54, 1.807) is 79.7 Å². The summed E-state index contributed by atoms with van der Waals surface area (Å²) < 4.78 is 24.7. The van der Waals surface area contributed by atoms with Crippen LogP contribution in [0.1, 0.15) is 34.8 Å². The van der Waals surface area contributed by atoms with Crippen LogP contribution in [0.5, 0.6) is 5.75 Å². The van der Waals surface area contributed by atoms with Gasteiger partial charge in [0.2, 0.25) is 0 Å². The topological polar surface area (TPSA) is 84.9 Å². The molecular formula is C36H35FN2O5. The van der Waals surface area contributed by atoms with E-state index in [0.717, 1.165) is 5.56 Å². The average molecular weight is 595 g/mol. The Morgan fingerprint density at radius 1 is 0.909 bits per heavy atom. The molecule has 0 radical (unpaired) electrons. The Morgan fingerprint density at radius 2 is 1.61 bits per heavy atom. The maximum Gasteiger partial charge on any atom is 0.328 e. The number of halogens is 1.